The molecule has 0 aliphatic carbocycles. The van der Waals surface area contributed by atoms with E-state index in [9.17, 15) is 9.59 Å². The second kappa shape index (κ2) is 8.31. The minimum absolute atomic E-state index is 0.0766. The van der Waals surface area contributed by atoms with Crippen LogP contribution in [-0.2, 0) is 17.9 Å². The van der Waals surface area contributed by atoms with Crippen molar-refractivity contribution in [2.24, 2.45) is 0 Å². The molecule has 3 rings (SSSR count). The van der Waals surface area contributed by atoms with Gasteiger partial charge < -0.3 is 10.0 Å². The summed E-state index contributed by atoms with van der Waals surface area (Å²) in [5.41, 5.74) is 1.98. The van der Waals surface area contributed by atoms with Crippen molar-refractivity contribution < 1.29 is 14.7 Å². The zero-order valence-corrected chi connectivity index (χ0v) is 15.0. The number of nitrogens with zero attached hydrogens (tertiary/aromatic N) is 3. The summed E-state index contributed by atoms with van der Waals surface area (Å²) in [5, 5.41) is 13.0. The molecule has 0 saturated carbocycles. The van der Waals surface area contributed by atoms with Gasteiger partial charge in [-0.15, -0.1) is 0 Å². The van der Waals surface area contributed by atoms with Crippen LogP contribution in [0.4, 0.5) is 0 Å². The molecule has 1 atom stereocenters. The van der Waals surface area contributed by atoms with Crippen molar-refractivity contribution in [3.05, 3.63) is 89.7 Å². The third kappa shape index (κ3) is 4.61. The topological polar surface area (TPSA) is 75.4 Å². The van der Waals surface area contributed by atoms with Gasteiger partial charge in [-0.1, -0.05) is 60.7 Å². The summed E-state index contributed by atoms with van der Waals surface area (Å²) in [5.74, 6) is -1.23. The Hall–Kier alpha value is -3.41. The molecule has 1 heterocycles. The Morgan fingerprint density at radius 3 is 1.93 bits per heavy atom. The van der Waals surface area contributed by atoms with Gasteiger partial charge in [0.1, 0.15) is 6.04 Å². The molecule has 27 heavy (non-hydrogen) atoms. The highest BCUT2D eigenvalue weighted by molar-refractivity contribution is 5.85. The highest BCUT2D eigenvalue weighted by Gasteiger charge is 2.24. The van der Waals surface area contributed by atoms with Crippen molar-refractivity contribution in [3.63, 3.8) is 0 Å². The van der Waals surface area contributed by atoms with Crippen molar-refractivity contribution in [3.8, 4) is 0 Å². The van der Waals surface area contributed by atoms with E-state index >= 15 is 0 Å². The summed E-state index contributed by atoms with van der Waals surface area (Å²) < 4.78 is 1.40. The number of carboxylic acids is 1. The Balaban J connectivity index is 1.83. The summed E-state index contributed by atoms with van der Waals surface area (Å²) in [7, 11) is 0. The standard InChI is InChI=1S/C21H21N3O3/c1-16(24-13-12-19(22-24)21(26)27)20(25)23(14-17-8-4-2-5-9-17)15-18-10-6-3-7-11-18/h2-13,16H,14-15H2,1H3,(H,26,27). The summed E-state index contributed by atoms with van der Waals surface area (Å²) in [6, 6.07) is 20.3. The van der Waals surface area contributed by atoms with Gasteiger partial charge >= 0.3 is 5.97 Å². The summed E-state index contributed by atoms with van der Waals surface area (Å²) in [6.45, 7) is 2.65. The van der Waals surface area contributed by atoms with E-state index < -0.39 is 12.0 Å². The van der Waals surface area contributed by atoms with Gasteiger partial charge in [0.05, 0.1) is 0 Å². The fraction of sp³-hybridized carbons (Fsp3) is 0.190. The van der Waals surface area contributed by atoms with Crippen molar-refractivity contribution in [1.82, 2.24) is 14.7 Å². The average Bonchev–Trinajstić information content (AvgIpc) is 3.18. The molecular weight excluding hydrogens is 342 g/mol. The van der Waals surface area contributed by atoms with Gasteiger partial charge in [0.15, 0.2) is 5.69 Å². The third-order valence-corrected chi connectivity index (χ3v) is 4.33. The fourth-order valence-electron chi connectivity index (χ4n) is 2.86. The Labute approximate surface area is 157 Å². The number of hydrogen-bond acceptors (Lipinski definition) is 3. The Kier molecular flexibility index (Phi) is 5.66. The minimum atomic E-state index is -1.11. The quantitative estimate of drug-likeness (QED) is 0.698. The van der Waals surface area contributed by atoms with Crippen LogP contribution in [0.5, 0.6) is 0 Å². The Morgan fingerprint density at radius 2 is 1.48 bits per heavy atom. The lowest BCUT2D eigenvalue weighted by Gasteiger charge is -2.26. The van der Waals surface area contributed by atoms with Crippen LogP contribution in [0, 0.1) is 0 Å². The van der Waals surface area contributed by atoms with E-state index in [0.29, 0.717) is 13.1 Å². The predicted molar refractivity (Wildman–Crippen MR) is 101 cm³/mol. The van der Waals surface area contributed by atoms with Gasteiger partial charge in [0.2, 0.25) is 5.91 Å². The molecule has 3 aromatic rings. The van der Waals surface area contributed by atoms with Crippen molar-refractivity contribution in [2.75, 3.05) is 0 Å². The maximum Gasteiger partial charge on any atom is 0.356 e. The largest absolute Gasteiger partial charge is 0.476 e. The Bertz CT molecular complexity index is 865. The molecule has 6 nitrogen and oxygen atoms in total. The van der Waals surface area contributed by atoms with Gasteiger partial charge in [-0.2, -0.15) is 5.10 Å². The molecule has 0 saturated heterocycles. The maximum atomic E-state index is 13.1. The number of carbonyl (C=O) groups is 2. The van der Waals surface area contributed by atoms with Gasteiger partial charge in [-0.25, -0.2) is 4.79 Å². The smallest absolute Gasteiger partial charge is 0.356 e. The number of carboxylic acid groups (broad SMARTS) is 1. The molecular formula is C21H21N3O3. The highest BCUT2D eigenvalue weighted by Crippen LogP contribution is 2.16. The van der Waals surface area contributed by atoms with Crippen molar-refractivity contribution in [1.29, 1.82) is 0 Å². The molecule has 0 fully saturated rings. The van der Waals surface area contributed by atoms with E-state index in [4.69, 9.17) is 5.11 Å². The van der Waals surface area contributed by atoms with Crippen molar-refractivity contribution >= 4 is 11.9 Å². The van der Waals surface area contributed by atoms with Crippen LogP contribution < -0.4 is 0 Å². The molecule has 0 aliphatic heterocycles. The summed E-state index contributed by atoms with van der Waals surface area (Å²) in [4.78, 5) is 26.0. The van der Waals surface area contributed by atoms with E-state index in [1.165, 1.54) is 16.9 Å². The van der Waals surface area contributed by atoms with Gasteiger partial charge in [-0.05, 0) is 24.1 Å². The first-order valence-electron chi connectivity index (χ1n) is 8.69. The highest BCUT2D eigenvalue weighted by atomic mass is 16.4. The fourth-order valence-corrected chi connectivity index (χ4v) is 2.86. The van der Waals surface area contributed by atoms with Gasteiger partial charge in [0.25, 0.3) is 0 Å². The van der Waals surface area contributed by atoms with E-state index in [1.807, 2.05) is 60.7 Å². The first-order valence-corrected chi connectivity index (χ1v) is 8.69. The van der Waals surface area contributed by atoms with Crippen LogP contribution in [0.3, 0.4) is 0 Å². The monoisotopic (exact) mass is 363 g/mol. The Morgan fingerprint density at radius 1 is 0.963 bits per heavy atom. The molecule has 0 spiro atoms. The molecule has 2 aromatic carbocycles. The first kappa shape index (κ1) is 18.4. The normalized spacial score (nSPS) is 11.7. The van der Waals surface area contributed by atoms with E-state index in [0.717, 1.165) is 11.1 Å². The van der Waals surface area contributed by atoms with Crippen molar-refractivity contribution in [2.45, 2.75) is 26.1 Å². The number of aromatic carboxylic acids is 1. The second-order valence-corrected chi connectivity index (χ2v) is 6.33. The molecule has 6 heteroatoms. The second-order valence-electron chi connectivity index (χ2n) is 6.33. The number of benzene rings is 2. The summed E-state index contributed by atoms with van der Waals surface area (Å²) >= 11 is 0. The molecule has 1 amide bonds. The van der Waals surface area contributed by atoms with Crippen LogP contribution in [0.1, 0.15) is 34.6 Å². The van der Waals surface area contributed by atoms with Gasteiger partial charge in [0, 0.05) is 19.3 Å². The number of hydrogen-bond donors (Lipinski definition) is 1. The molecule has 0 bridgehead atoms. The predicted octanol–water partition coefficient (Wildman–Crippen LogP) is 3.37. The van der Waals surface area contributed by atoms with Crippen LogP contribution in [0.2, 0.25) is 0 Å². The third-order valence-electron chi connectivity index (χ3n) is 4.33. The van der Waals surface area contributed by atoms with Gasteiger partial charge in [-0.3, -0.25) is 9.48 Å². The van der Waals surface area contributed by atoms with Crippen LogP contribution >= 0.6 is 0 Å². The summed E-state index contributed by atoms with van der Waals surface area (Å²) in [6.07, 6.45) is 1.52. The zero-order chi connectivity index (χ0) is 19.2. The van der Waals surface area contributed by atoms with E-state index in [-0.39, 0.29) is 11.6 Å². The number of aromatic nitrogens is 2. The number of rotatable bonds is 7. The average molecular weight is 363 g/mol. The van der Waals surface area contributed by atoms with E-state index in [1.54, 1.807) is 11.8 Å². The number of amides is 1. The molecule has 0 radical (unpaired) electrons. The number of carbonyl (C=O) groups excluding carboxylic acids is 1. The lowest BCUT2D eigenvalue weighted by molar-refractivity contribution is -0.135. The maximum absolute atomic E-state index is 13.1. The first-order chi connectivity index (χ1) is 13.0. The van der Waals surface area contributed by atoms with Crippen LogP contribution in [0.25, 0.3) is 0 Å². The molecule has 1 N–H and O–H groups in total. The van der Waals surface area contributed by atoms with Crippen LogP contribution in [-0.4, -0.2) is 31.7 Å². The lowest BCUT2D eigenvalue weighted by atomic mass is 10.1. The SMILES string of the molecule is CC(C(=O)N(Cc1ccccc1)Cc1ccccc1)n1ccc(C(=O)O)n1. The molecule has 0 aliphatic rings. The molecule has 1 aromatic heterocycles. The van der Waals surface area contributed by atoms with Crippen LogP contribution in [0.15, 0.2) is 72.9 Å². The molecule has 138 valence electrons. The molecule has 1 unspecified atom stereocenters. The lowest BCUT2D eigenvalue weighted by Crippen LogP contribution is -2.35. The zero-order valence-electron chi connectivity index (χ0n) is 15.0. The van der Waals surface area contributed by atoms with E-state index in [2.05, 4.69) is 5.10 Å². The minimum Gasteiger partial charge on any atom is -0.476 e.